The first kappa shape index (κ1) is 35.5. The van der Waals surface area contributed by atoms with E-state index in [2.05, 4.69) is 197 Å². The van der Waals surface area contributed by atoms with Gasteiger partial charge < -0.3 is 13.6 Å². The number of benzene rings is 10. The van der Waals surface area contributed by atoms with E-state index in [1.54, 1.807) is 0 Å². The first-order chi connectivity index (χ1) is 32.7. The fourth-order valence-corrected chi connectivity index (χ4v) is 11.4. The molecule has 0 radical (unpaired) electrons. The summed E-state index contributed by atoms with van der Waals surface area (Å²) in [5, 5.41) is 11.7. The molecule has 5 nitrogen and oxygen atoms in total. The Morgan fingerprint density at radius 1 is 0.318 bits per heavy atom. The molecule has 0 bridgehead atoms. The average molecular weight is 842 g/mol. The maximum absolute atomic E-state index is 15.0. The summed E-state index contributed by atoms with van der Waals surface area (Å²) in [5.41, 5.74) is 14.5. The van der Waals surface area contributed by atoms with Crippen LogP contribution in [0.3, 0.4) is 0 Å². The number of fused-ring (bicyclic) bond motifs is 14. The topological polar surface area (TPSA) is 44.5 Å². The Hall–Kier alpha value is -8.93. The van der Waals surface area contributed by atoms with Crippen molar-refractivity contribution in [1.82, 2.24) is 13.5 Å². The molecule has 5 heteroatoms. The highest BCUT2D eigenvalue weighted by atomic mass is 16.3. The second kappa shape index (κ2) is 13.1. The lowest BCUT2D eigenvalue weighted by molar-refractivity contribution is 0.669. The third kappa shape index (κ3) is 4.70. The van der Waals surface area contributed by atoms with Crippen molar-refractivity contribution in [3.8, 4) is 33.6 Å². The number of pyridine rings is 1. The van der Waals surface area contributed by atoms with Gasteiger partial charge in [-0.1, -0.05) is 133 Å². The standard InChI is InChI=1S/C61H35N3O2/c65-61-59-44(18-10-19-45(59)47-22-11-21-46-40-15-4-9-25-53(40)64(61)60(46)47)43-20-12-26-57-58(43)50-35-39(29-32-56(50)66-57)63-52-24-8-6-17-42(52)49-34-37(28-31-55(49)63)36-27-30-54-48(33-36)41-16-5-7-23-51(41)62(54)38-13-2-1-3-14-38/h1-35H. The summed E-state index contributed by atoms with van der Waals surface area (Å²) in [6.07, 6.45) is 0. The van der Waals surface area contributed by atoms with Crippen molar-refractivity contribution in [2.24, 2.45) is 0 Å². The fraction of sp³-hybridized carbons (Fsp3) is 0. The molecule has 0 spiro atoms. The van der Waals surface area contributed by atoms with Crippen molar-refractivity contribution >= 4 is 104 Å². The highest BCUT2D eigenvalue weighted by Gasteiger charge is 2.22. The molecule has 0 aliphatic heterocycles. The van der Waals surface area contributed by atoms with Crippen molar-refractivity contribution < 1.29 is 4.42 Å². The summed E-state index contributed by atoms with van der Waals surface area (Å²) >= 11 is 0. The van der Waals surface area contributed by atoms with E-state index in [0.717, 1.165) is 88.1 Å². The van der Waals surface area contributed by atoms with Crippen LogP contribution in [0.25, 0.3) is 137 Å². The summed E-state index contributed by atoms with van der Waals surface area (Å²) in [6.45, 7) is 0. The largest absolute Gasteiger partial charge is 0.456 e. The van der Waals surface area contributed by atoms with Crippen molar-refractivity contribution in [3.63, 3.8) is 0 Å². The van der Waals surface area contributed by atoms with E-state index in [-0.39, 0.29) is 5.56 Å². The molecular formula is C61H35N3O2. The average Bonchev–Trinajstić information content (AvgIpc) is 4.12. The summed E-state index contributed by atoms with van der Waals surface area (Å²) in [5.74, 6) is 0. The zero-order valence-electron chi connectivity index (χ0n) is 35.4. The van der Waals surface area contributed by atoms with Gasteiger partial charge in [-0.2, -0.15) is 0 Å². The highest BCUT2D eigenvalue weighted by molar-refractivity contribution is 6.23. The zero-order chi connectivity index (χ0) is 43.2. The van der Waals surface area contributed by atoms with E-state index in [0.29, 0.717) is 5.39 Å². The van der Waals surface area contributed by atoms with Crippen molar-refractivity contribution in [1.29, 1.82) is 0 Å². The van der Waals surface area contributed by atoms with Gasteiger partial charge in [0, 0.05) is 59.9 Å². The van der Waals surface area contributed by atoms with Gasteiger partial charge in [0.15, 0.2) is 0 Å². The van der Waals surface area contributed by atoms with Crippen LogP contribution in [0.1, 0.15) is 0 Å². The van der Waals surface area contributed by atoms with Gasteiger partial charge in [0.25, 0.3) is 5.56 Å². The first-order valence-corrected chi connectivity index (χ1v) is 22.5. The third-order valence-electron chi connectivity index (χ3n) is 14.2. The van der Waals surface area contributed by atoms with E-state index in [1.165, 1.54) is 43.7 Å². The zero-order valence-corrected chi connectivity index (χ0v) is 35.4. The van der Waals surface area contributed by atoms with Gasteiger partial charge in [0.05, 0.1) is 38.5 Å². The number of para-hydroxylation sites is 5. The minimum atomic E-state index is -0.0143. The van der Waals surface area contributed by atoms with E-state index < -0.39 is 0 Å². The first-order valence-electron chi connectivity index (χ1n) is 22.5. The molecule has 66 heavy (non-hydrogen) atoms. The minimum absolute atomic E-state index is 0.0143. The van der Waals surface area contributed by atoms with Crippen LogP contribution in [0.5, 0.6) is 0 Å². The van der Waals surface area contributed by atoms with Crippen LogP contribution >= 0.6 is 0 Å². The number of furan rings is 1. The van der Waals surface area contributed by atoms with E-state index in [4.69, 9.17) is 4.42 Å². The monoisotopic (exact) mass is 841 g/mol. The molecule has 0 fully saturated rings. The maximum Gasteiger partial charge on any atom is 0.264 e. The van der Waals surface area contributed by atoms with Gasteiger partial charge in [-0.15, -0.1) is 0 Å². The molecule has 0 amide bonds. The summed E-state index contributed by atoms with van der Waals surface area (Å²) in [4.78, 5) is 15.0. The molecule has 5 aromatic heterocycles. The number of rotatable bonds is 4. The summed E-state index contributed by atoms with van der Waals surface area (Å²) in [6, 6.07) is 75.3. The number of hydrogen-bond acceptors (Lipinski definition) is 2. The Kier molecular flexibility index (Phi) is 7.03. The van der Waals surface area contributed by atoms with Crippen LogP contribution in [-0.4, -0.2) is 13.5 Å². The fourth-order valence-electron chi connectivity index (χ4n) is 11.4. The predicted molar refractivity (Wildman–Crippen MR) is 274 cm³/mol. The number of hydrogen-bond donors (Lipinski definition) is 0. The Morgan fingerprint density at radius 2 is 0.833 bits per heavy atom. The Bertz CT molecular complexity index is 4600. The number of nitrogens with zero attached hydrogens (tertiary/aromatic N) is 3. The van der Waals surface area contributed by atoms with E-state index in [1.807, 2.05) is 28.7 Å². The van der Waals surface area contributed by atoms with Crippen LogP contribution in [0.15, 0.2) is 222 Å². The molecule has 0 unspecified atom stereocenters. The molecule has 0 saturated heterocycles. The Morgan fingerprint density at radius 3 is 1.53 bits per heavy atom. The highest BCUT2D eigenvalue weighted by Crippen LogP contribution is 2.43. The molecule has 15 rings (SSSR count). The lowest BCUT2D eigenvalue weighted by Gasteiger charge is -2.12. The number of aromatic nitrogens is 3. The maximum atomic E-state index is 15.0. The molecule has 306 valence electrons. The van der Waals surface area contributed by atoms with Gasteiger partial charge in [0.2, 0.25) is 0 Å². The summed E-state index contributed by atoms with van der Waals surface area (Å²) < 4.78 is 13.3. The van der Waals surface area contributed by atoms with Crippen molar-refractivity contribution in [2.45, 2.75) is 0 Å². The second-order valence-corrected chi connectivity index (χ2v) is 17.6. The molecular weight excluding hydrogens is 807 g/mol. The van der Waals surface area contributed by atoms with Gasteiger partial charge >= 0.3 is 0 Å². The minimum Gasteiger partial charge on any atom is -0.456 e. The molecule has 0 saturated carbocycles. The lowest BCUT2D eigenvalue weighted by Crippen LogP contribution is -2.13. The molecule has 0 aliphatic carbocycles. The summed E-state index contributed by atoms with van der Waals surface area (Å²) in [7, 11) is 0. The SMILES string of the molecule is O=c1c2c(-c3cccc4oc5ccc(-n6c7ccccc7c7cc(-c8ccc9c(c8)c8ccccc8n9-c8ccccc8)ccc76)cc5c34)cccc2c2cccc3c4ccccc4n1c23. The van der Waals surface area contributed by atoms with Gasteiger partial charge in [-0.25, -0.2) is 0 Å². The van der Waals surface area contributed by atoms with Crippen molar-refractivity contribution in [2.75, 3.05) is 0 Å². The molecule has 0 aliphatic rings. The van der Waals surface area contributed by atoms with Gasteiger partial charge in [-0.3, -0.25) is 9.20 Å². The van der Waals surface area contributed by atoms with Crippen LogP contribution < -0.4 is 5.56 Å². The molecule has 10 aromatic carbocycles. The Balaban J connectivity index is 0.921. The third-order valence-corrected chi connectivity index (χ3v) is 14.2. The van der Waals surface area contributed by atoms with Crippen LogP contribution in [0.4, 0.5) is 0 Å². The smallest absolute Gasteiger partial charge is 0.264 e. The van der Waals surface area contributed by atoms with Gasteiger partial charge in [-0.05, 0) is 107 Å². The normalized spacial score (nSPS) is 12.3. The van der Waals surface area contributed by atoms with Crippen molar-refractivity contribution in [3.05, 3.63) is 223 Å². The van der Waals surface area contributed by atoms with E-state index in [9.17, 15) is 4.79 Å². The molecule has 15 aromatic rings. The molecule has 5 heterocycles. The van der Waals surface area contributed by atoms with Crippen LogP contribution in [0, 0.1) is 0 Å². The van der Waals surface area contributed by atoms with Gasteiger partial charge in [0.1, 0.15) is 11.2 Å². The second-order valence-electron chi connectivity index (χ2n) is 17.6. The van der Waals surface area contributed by atoms with Crippen LogP contribution in [0.2, 0.25) is 0 Å². The Labute approximate surface area is 376 Å². The molecule has 0 N–H and O–H groups in total. The lowest BCUT2D eigenvalue weighted by atomic mass is 9.93. The van der Waals surface area contributed by atoms with Crippen LogP contribution in [-0.2, 0) is 0 Å². The van der Waals surface area contributed by atoms with E-state index >= 15 is 0 Å². The predicted octanol–water partition coefficient (Wildman–Crippen LogP) is 15.6. The quantitative estimate of drug-likeness (QED) is 0.166. The molecule has 0 atom stereocenters.